The molecule has 0 spiro atoms. The van der Waals surface area contributed by atoms with Gasteiger partial charge in [-0.3, -0.25) is 4.79 Å². The molecular weight excluding hydrogens is 240 g/mol. The van der Waals surface area contributed by atoms with Crippen LogP contribution in [0.3, 0.4) is 0 Å². The zero-order valence-electron chi connectivity index (χ0n) is 10.9. The van der Waals surface area contributed by atoms with Crippen molar-refractivity contribution < 1.29 is 9.90 Å². The summed E-state index contributed by atoms with van der Waals surface area (Å²) in [7, 11) is 0. The second kappa shape index (κ2) is 6.91. The Morgan fingerprint density at radius 1 is 1.26 bits per heavy atom. The number of likely N-dealkylation sites (tertiary alicyclic amines) is 1. The van der Waals surface area contributed by atoms with E-state index in [2.05, 4.69) is 16.8 Å². The van der Waals surface area contributed by atoms with Gasteiger partial charge in [0.05, 0.1) is 0 Å². The fraction of sp³-hybridized carbons (Fsp3) is 0.467. The van der Waals surface area contributed by atoms with E-state index in [1.807, 2.05) is 4.90 Å². The number of rotatable bonds is 1. The van der Waals surface area contributed by atoms with Gasteiger partial charge < -0.3 is 10.0 Å². The Morgan fingerprint density at radius 3 is 2.58 bits per heavy atom. The highest BCUT2D eigenvalue weighted by atomic mass is 16.2. The molecule has 100 valence electrons. The molecule has 0 radical (unpaired) electrons. The van der Waals surface area contributed by atoms with E-state index < -0.39 is 0 Å². The molecule has 0 atom stereocenters. The number of aliphatic hydroxyl groups excluding tert-OH is 1. The van der Waals surface area contributed by atoms with Crippen LogP contribution in [0.2, 0.25) is 0 Å². The number of amides is 1. The van der Waals surface area contributed by atoms with Crippen LogP contribution in [-0.4, -0.2) is 40.6 Å². The molecule has 0 aliphatic carbocycles. The maximum absolute atomic E-state index is 12.3. The fourth-order valence-electron chi connectivity index (χ4n) is 2.17. The van der Waals surface area contributed by atoms with Crippen molar-refractivity contribution in [2.75, 3.05) is 19.7 Å². The Kier molecular flexibility index (Phi) is 4.93. The van der Waals surface area contributed by atoms with Crippen molar-refractivity contribution in [2.24, 2.45) is 0 Å². The molecule has 1 aliphatic rings. The van der Waals surface area contributed by atoms with E-state index in [0.717, 1.165) is 25.9 Å². The number of aromatic nitrogens is 1. The minimum Gasteiger partial charge on any atom is -0.384 e. The normalized spacial score (nSPS) is 15.3. The van der Waals surface area contributed by atoms with Gasteiger partial charge in [0.1, 0.15) is 12.3 Å². The summed E-state index contributed by atoms with van der Waals surface area (Å²) in [6.45, 7) is 1.48. The van der Waals surface area contributed by atoms with E-state index in [4.69, 9.17) is 5.11 Å². The first-order valence-corrected chi connectivity index (χ1v) is 6.66. The Labute approximate surface area is 113 Å². The Balaban J connectivity index is 2.06. The zero-order valence-corrected chi connectivity index (χ0v) is 10.9. The van der Waals surface area contributed by atoms with Gasteiger partial charge in [-0.1, -0.05) is 24.7 Å². The van der Waals surface area contributed by atoms with Gasteiger partial charge >= 0.3 is 0 Å². The number of hydrogen-bond acceptors (Lipinski definition) is 3. The van der Waals surface area contributed by atoms with Crippen LogP contribution in [0, 0.1) is 11.8 Å². The van der Waals surface area contributed by atoms with Crippen molar-refractivity contribution in [3.8, 4) is 11.8 Å². The first kappa shape index (κ1) is 13.6. The molecule has 1 aliphatic heterocycles. The minimum atomic E-state index is -0.172. The van der Waals surface area contributed by atoms with Gasteiger partial charge in [-0.2, -0.15) is 0 Å². The molecule has 1 fully saturated rings. The maximum atomic E-state index is 12.3. The molecular formula is C15H18N2O2. The van der Waals surface area contributed by atoms with Gasteiger partial charge in [-0.25, -0.2) is 4.98 Å². The molecule has 2 rings (SSSR count). The van der Waals surface area contributed by atoms with E-state index >= 15 is 0 Å². The highest BCUT2D eigenvalue weighted by Crippen LogP contribution is 2.12. The monoisotopic (exact) mass is 258 g/mol. The smallest absolute Gasteiger partial charge is 0.272 e. The lowest BCUT2D eigenvalue weighted by molar-refractivity contribution is 0.0756. The predicted molar refractivity (Wildman–Crippen MR) is 72.6 cm³/mol. The summed E-state index contributed by atoms with van der Waals surface area (Å²) in [6, 6.07) is 3.47. The van der Waals surface area contributed by atoms with Crippen molar-refractivity contribution in [1.82, 2.24) is 9.88 Å². The maximum Gasteiger partial charge on any atom is 0.272 e. The van der Waals surface area contributed by atoms with E-state index in [0.29, 0.717) is 11.3 Å². The minimum absolute atomic E-state index is 0.00330. The Bertz CT molecular complexity index is 477. The summed E-state index contributed by atoms with van der Waals surface area (Å²) in [5, 5.41) is 8.61. The van der Waals surface area contributed by atoms with E-state index in [1.54, 1.807) is 18.3 Å². The Hall–Kier alpha value is -1.86. The third kappa shape index (κ3) is 3.80. The molecule has 0 saturated carbocycles. The van der Waals surface area contributed by atoms with Gasteiger partial charge in [0.15, 0.2) is 0 Å². The van der Waals surface area contributed by atoms with Crippen molar-refractivity contribution >= 4 is 5.91 Å². The molecule has 4 nitrogen and oxygen atoms in total. The lowest BCUT2D eigenvalue weighted by Crippen LogP contribution is -2.32. The van der Waals surface area contributed by atoms with E-state index in [1.165, 1.54) is 12.8 Å². The molecule has 1 saturated heterocycles. The van der Waals surface area contributed by atoms with Crippen LogP contribution in [0.15, 0.2) is 18.3 Å². The molecule has 1 aromatic rings. The van der Waals surface area contributed by atoms with Crippen LogP contribution in [0.25, 0.3) is 0 Å². The van der Waals surface area contributed by atoms with Crippen LogP contribution >= 0.6 is 0 Å². The van der Waals surface area contributed by atoms with Crippen LogP contribution in [0.4, 0.5) is 0 Å². The summed E-state index contributed by atoms with van der Waals surface area (Å²) >= 11 is 0. The standard InChI is InChI=1S/C15H18N2O2/c18-11-5-6-13-7-8-14(16-12-13)15(19)17-9-3-1-2-4-10-17/h7-8,12,18H,1-4,9-11H2. The van der Waals surface area contributed by atoms with Crippen LogP contribution < -0.4 is 0 Å². The average molecular weight is 258 g/mol. The van der Waals surface area contributed by atoms with Gasteiger partial charge in [-0.15, -0.1) is 0 Å². The van der Waals surface area contributed by atoms with Crippen molar-refractivity contribution in [3.05, 3.63) is 29.6 Å². The van der Waals surface area contributed by atoms with Crippen molar-refractivity contribution in [2.45, 2.75) is 25.7 Å². The van der Waals surface area contributed by atoms with Gasteiger partial charge in [0, 0.05) is 24.8 Å². The first-order valence-electron chi connectivity index (χ1n) is 6.66. The largest absolute Gasteiger partial charge is 0.384 e. The SMILES string of the molecule is O=C(c1ccc(C#CCO)cn1)N1CCCCCC1. The molecule has 1 amide bonds. The average Bonchev–Trinajstić information content (AvgIpc) is 2.74. The molecule has 0 aromatic carbocycles. The molecule has 19 heavy (non-hydrogen) atoms. The van der Waals surface area contributed by atoms with Crippen molar-refractivity contribution in [1.29, 1.82) is 0 Å². The summed E-state index contributed by atoms with van der Waals surface area (Å²) in [4.78, 5) is 18.3. The quantitative estimate of drug-likeness (QED) is 0.776. The second-order valence-corrected chi connectivity index (χ2v) is 4.60. The molecule has 4 heteroatoms. The highest BCUT2D eigenvalue weighted by molar-refractivity contribution is 5.92. The molecule has 1 N–H and O–H groups in total. The fourth-order valence-corrected chi connectivity index (χ4v) is 2.17. The van der Waals surface area contributed by atoms with E-state index in [9.17, 15) is 4.79 Å². The molecule has 0 bridgehead atoms. The second-order valence-electron chi connectivity index (χ2n) is 4.60. The highest BCUT2D eigenvalue weighted by Gasteiger charge is 2.17. The summed E-state index contributed by atoms with van der Waals surface area (Å²) < 4.78 is 0. The third-order valence-electron chi connectivity index (χ3n) is 3.19. The number of carbonyl (C=O) groups is 1. The molecule has 1 aromatic heterocycles. The van der Waals surface area contributed by atoms with Crippen LogP contribution in [0.1, 0.15) is 41.7 Å². The number of aliphatic hydroxyl groups is 1. The molecule has 2 heterocycles. The van der Waals surface area contributed by atoms with Crippen molar-refractivity contribution in [3.63, 3.8) is 0 Å². The Morgan fingerprint density at radius 2 is 2.00 bits per heavy atom. The predicted octanol–water partition coefficient (Wildman–Crippen LogP) is 1.44. The van der Waals surface area contributed by atoms with E-state index in [-0.39, 0.29) is 12.5 Å². The van der Waals surface area contributed by atoms with Gasteiger partial charge in [0.2, 0.25) is 0 Å². The number of pyridine rings is 1. The topological polar surface area (TPSA) is 53.4 Å². The molecule has 0 unspecified atom stereocenters. The summed E-state index contributed by atoms with van der Waals surface area (Å²) in [5.41, 5.74) is 1.18. The van der Waals surface area contributed by atoms with Gasteiger partial charge in [0.25, 0.3) is 5.91 Å². The van der Waals surface area contributed by atoms with Crippen LogP contribution in [-0.2, 0) is 0 Å². The summed E-state index contributed by atoms with van der Waals surface area (Å²) in [5.74, 6) is 5.32. The zero-order chi connectivity index (χ0) is 13.5. The number of hydrogen-bond donors (Lipinski definition) is 1. The van der Waals surface area contributed by atoms with Gasteiger partial charge in [-0.05, 0) is 25.0 Å². The number of carbonyl (C=O) groups excluding carboxylic acids is 1. The lowest BCUT2D eigenvalue weighted by Gasteiger charge is -2.19. The lowest BCUT2D eigenvalue weighted by atomic mass is 10.2. The first-order chi connectivity index (χ1) is 9.31. The summed E-state index contributed by atoms with van der Waals surface area (Å²) in [6.07, 6.45) is 6.13. The number of nitrogens with zero attached hydrogens (tertiary/aromatic N) is 2. The van der Waals surface area contributed by atoms with Crippen LogP contribution in [0.5, 0.6) is 0 Å². The third-order valence-corrected chi connectivity index (χ3v) is 3.19.